The number of para-hydroxylation sites is 1. The zero-order valence-electron chi connectivity index (χ0n) is 18.8. The second-order valence-electron chi connectivity index (χ2n) is 7.64. The van der Waals surface area contributed by atoms with Crippen LogP contribution in [0.25, 0.3) is 5.69 Å². The van der Waals surface area contributed by atoms with Crippen molar-refractivity contribution in [2.45, 2.75) is 34.1 Å². The Bertz CT molecular complexity index is 972. The molecule has 31 heavy (non-hydrogen) atoms. The predicted octanol–water partition coefficient (Wildman–Crippen LogP) is 4.24. The SMILES string of the molecule is CC/C=C(C)/N=C(\C=C(C)C)N1CCN(C(=O)c2ccccc2-n2cccn2)CCO1. The summed E-state index contributed by atoms with van der Waals surface area (Å²) in [6, 6.07) is 9.39. The molecule has 0 aliphatic carbocycles. The van der Waals surface area contributed by atoms with Gasteiger partial charge in [0.2, 0.25) is 0 Å². The van der Waals surface area contributed by atoms with Crippen molar-refractivity contribution >= 4 is 11.7 Å². The number of amides is 1. The molecule has 2 aromatic rings. The average molecular weight is 422 g/mol. The van der Waals surface area contributed by atoms with E-state index in [2.05, 4.69) is 18.1 Å². The van der Waals surface area contributed by atoms with Gasteiger partial charge in [0.1, 0.15) is 0 Å². The number of hydrogen-bond donors (Lipinski definition) is 0. The van der Waals surface area contributed by atoms with E-state index in [1.54, 1.807) is 15.9 Å². The molecule has 0 spiro atoms. The lowest BCUT2D eigenvalue weighted by Crippen LogP contribution is -2.37. The molecule has 0 radical (unpaired) electrons. The number of benzene rings is 1. The molecule has 1 saturated heterocycles. The standard InChI is InChI=1S/C24H31N5O2/c1-5-9-20(4)26-23(18-19(2)3)29-15-14-27(16-17-31-29)24(30)21-10-6-7-11-22(21)28-13-8-12-25-28/h6-13,18H,5,14-17H2,1-4H3/b20-9+,26-23+. The van der Waals surface area contributed by atoms with Gasteiger partial charge < -0.3 is 4.90 Å². The van der Waals surface area contributed by atoms with E-state index in [9.17, 15) is 4.79 Å². The van der Waals surface area contributed by atoms with Gasteiger partial charge in [0.05, 0.1) is 24.4 Å². The van der Waals surface area contributed by atoms with Gasteiger partial charge in [0, 0.05) is 31.2 Å². The van der Waals surface area contributed by atoms with Gasteiger partial charge in [-0.05, 0) is 51.5 Å². The van der Waals surface area contributed by atoms with Gasteiger partial charge in [0.25, 0.3) is 5.91 Å². The van der Waals surface area contributed by atoms with Crippen molar-refractivity contribution in [1.82, 2.24) is 19.7 Å². The normalized spacial score (nSPS) is 15.6. The average Bonchev–Trinajstić information content (AvgIpc) is 3.17. The third kappa shape index (κ3) is 5.92. The summed E-state index contributed by atoms with van der Waals surface area (Å²) in [4.78, 5) is 25.9. The second-order valence-corrected chi connectivity index (χ2v) is 7.64. The first kappa shape index (κ1) is 22.5. The van der Waals surface area contributed by atoms with Crippen LogP contribution in [-0.2, 0) is 4.84 Å². The number of amidine groups is 1. The lowest BCUT2D eigenvalue weighted by atomic mass is 10.1. The van der Waals surface area contributed by atoms with E-state index in [4.69, 9.17) is 9.83 Å². The van der Waals surface area contributed by atoms with Crippen molar-refractivity contribution in [3.05, 3.63) is 71.7 Å². The first-order valence-corrected chi connectivity index (χ1v) is 10.7. The molecule has 0 saturated carbocycles. The Kier molecular flexibility index (Phi) is 7.78. The van der Waals surface area contributed by atoms with Crippen LogP contribution in [0.2, 0.25) is 0 Å². The Hall–Kier alpha value is -3.19. The molecule has 3 rings (SSSR count). The van der Waals surface area contributed by atoms with E-state index in [0.717, 1.165) is 29.2 Å². The molecule has 1 amide bonds. The molecule has 2 heterocycles. The minimum absolute atomic E-state index is 0.0284. The summed E-state index contributed by atoms with van der Waals surface area (Å²) in [7, 11) is 0. The van der Waals surface area contributed by atoms with Gasteiger partial charge in [-0.15, -0.1) is 0 Å². The monoisotopic (exact) mass is 421 g/mol. The molecule has 0 atom stereocenters. The summed E-state index contributed by atoms with van der Waals surface area (Å²) < 4.78 is 1.72. The van der Waals surface area contributed by atoms with Crippen LogP contribution in [0.3, 0.4) is 0 Å². The second kappa shape index (κ2) is 10.7. The van der Waals surface area contributed by atoms with Crippen molar-refractivity contribution in [2.24, 2.45) is 4.99 Å². The Morgan fingerprint density at radius 3 is 2.68 bits per heavy atom. The van der Waals surface area contributed by atoms with Crippen LogP contribution < -0.4 is 0 Å². The number of rotatable bonds is 5. The maximum Gasteiger partial charge on any atom is 0.256 e. The van der Waals surface area contributed by atoms with Crippen molar-refractivity contribution in [3.63, 3.8) is 0 Å². The van der Waals surface area contributed by atoms with Crippen LogP contribution in [0.4, 0.5) is 0 Å². The van der Waals surface area contributed by atoms with Gasteiger partial charge in [-0.1, -0.05) is 30.7 Å². The van der Waals surface area contributed by atoms with E-state index in [0.29, 0.717) is 31.8 Å². The molecule has 164 valence electrons. The number of carbonyl (C=O) groups is 1. The van der Waals surface area contributed by atoms with Crippen LogP contribution >= 0.6 is 0 Å². The largest absolute Gasteiger partial charge is 0.334 e. The van der Waals surface area contributed by atoms with Crippen LogP contribution in [0, 0.1) is 0 Å². The van der Waals surface area contributed by atoms with E-state index < -0.39 is 0 Å². The van der Waals surface area contributed by atoms with Crippen molar-refractivity contribution in [3.8, 4) is 5.69 Å². The summed E-state index contributed by atoms with van der Waals surface area (Å²) >= 11 is 0. The number of carbonyl (C=O) groups excluding carboxylic acids is 1. The third-order valence-electron chi connectivity index (χ3n) is 4.82. The van der Waals surface area contributed by atoms with Crippen LogP contribution in [0.5, 0.6) is 0 Å². The highest BCUT2D eigenvalue weighted by atomic mass is 16.7. The summed E-state index contributed by atoms with van der Waals surface area (Å²) in [5.41, 5.74) is 3.48. The lowest BCUT2D eigenvalue weighted by Gasteiger charge is -2.23. The van der Waals surface area contributed by atoms with E-state index in [-0.39, 0.29) is 5.91 Å². The zero-order chi connectivity index (χ0) is 22.2. The molecule has 1 aliphatic heterocycles. The molecular formula is C24H31N5O2. The predicted molar refractivity (Wildman–Crippen MR) is 123 cm³/mol. The lowest BCUT2D eigenvalue weighted by molar-refractivity contribution is -0.0849. The van der Waals surface area contributed by atoms with Gasteiger partial charge in [-0.25, -0.2) is 14.7 Å². The Morgan fingerprint density at radius 1 is 1.16 bits per heavy atom. The summed E-state index contributed by atoms with van der Waals surface area (Å²) in [6.45, 7) is 10.1. The summed E-state index contributed by atoms with van der Waals surface area (Å²) in [5, 5.41) is 6.08. The minimum Gasteiger partial charge on any atom is -0.334 e. The number of aromatic nitrogens is 2. The Labute approximate surface area is 184 Å². The summed E-state index contributed by atoms with van der Waals surface area (Å²) in [6.07, 6.45) is 8.57. The van der Waals surface area contributed by atoms with Gasteiger partial charge in [-0.3, -0.25) is 9.63 Å². The first-order chi connectivity index (χ1) is 15.0. The van der Waals surface area contributed by atoms with Crippen LogP contribution in [0.1, 0.15) is 44.5 Å². The fourth-order valence-corrected chi connectivity index (χ4v) is 3.41. The van der Waals surface area contributed by atoms with Crippen LogP contribution in [0.15, 0.2) is 71.1 Å². The maximum atomic E-state index is 13.3. The van der Waals surface area contributed by atoms with Crippen molar-refractivity contribution in [2.75, 3.05) is 26.2 Å². The smallest absolute Gasteiger partial charge is 0.256 e. The number of hydroxylamine groups is 2. The molecule has 0 N–H and O–H groups in total. The number of aliphatic imine (C=N–C) groups is 1. The molecule has 7 heteroatoms. The highest BCUT2D eigenvalue weighted by Gasteiger charge is 2.24. The molecule has 1 fully saturated rings. The van der Waals surface area contributed by atoms with Crippen molar-refractivity contribution < 1.29 is 9.63 Å². The highest BCUT2D eigenvalue weighted by Crippen LogP contribution is 2.17. The molecule has 1 aromatic heterocycles. The van der Waals surface area contributed by atoms with Gasteiger partial charge in [-0.2, -0.15) is 5.10 Å². The molecular weight excluding hydrogens is 390 g/mol. The first-order valence-electron chi connectivity index (χ1n) is 10.7. The fourth-order valence-electron chi connectivity index (χ4n) is 3.41. The van der Waals surface area contributed by atoms with E-state index >= 15 is 0 Å². The van der Waals surface area contributed by atoms with Crippen molar-refractivity contribution in [1.29, 1.82) is 0 Å². The van der Waals surface area contributed by atoms with Gasteiger partial charge >= 0.3 is 0 Å². The zero-order valence-corrected chi connectivity index (χ0v) is 18.8. The number of hydrogen-bond acceptors (Lipinski definition) is 4. The molecule has 0 unspecified atom stereocenters. The van der Waals surface area contributed by atoms with Gasteiger partial charge in [0.15, 0.2) is 5.84 Å². The maximum absolute atomic E-state index is 13.3. The molecule has 1 aliphatic rings. The topological polar surface area (TPSA) is 63.0 Å². The fraction of sp³-hybridized carbons (Fsp3) is 0.375. The molecule has 0 bridgehead atoms. The summed E-state index contributed by atoms with van der Waals surface area (Å²) in [5.74, 6) is 0.729. The minimum atomic E-state index is -0.0284. The van der Waals surface area contributed by atoms with E-state index in [1.165, 1.54) is 0 Å². The number of nitrogens with zero attached hydrogens (tertiary/aromatic N) is 5. The quantitative estimate of drug-likeness (QED) is 0.535. The van der Waals surface area contributed by atoms with E-state index in [1.807, 2.05) is 68.3 Å². The third-order valence-corrected chi connectivity index (χ3v) is 4.82. The number of allylic oxidation sites excluding steroid dienone is 3. The molecule has 1 aromatic carbocycles. The Balaban J connectivity index is 1.79. The van der Waals surface area contributed by atoms with Crippen LogP contribution in [-0.4, -0.2) is 57.7 Å². The molecule has 7 nitrogen and oxygen atoms in total. The Morgan fingerprint density at radius 2 is 1.97 bits per heavy atom. The highest BCUT2D eigenvalue weighted by molar-refractivity contribution is 5.98.